The first-order valence-electron chi connectivity index (χ1n) is 2.62. The van der Waals surface area contributed by atoms with E-state index in [4.69, 9.17) is 14.7 Å². The van der Waals surface area contributed by atoms with Gasteiger partial charge >= 0.3 is 15.6 Å². The minimum absolute atomic E-state index is 0.340. The van der Waals surface area contributed by atoms with Crippen LogP contribution in [-0.2, 0) is 18.0 Å². The van der Waals surface area contributed by atoms with E-state index in [1.54, 1.807) is 0 Å². The number of hydrogen-bond acceptors (Lipinski definition) is 4. The summed E-state index contributed by atoms with van der Waals surface area (Å²) in [6.07, 6.45) is 1.13. The van der Waals surface area contributed by atoms with Gasteiger partial charge in [-0.05, 0) is 0 Å². The van der Waals surface area contributed by atoms with Gasteiger partial charge in [-0.3, -0.25) is 4.52 Å². The summed E-state index contributed by atoms with van der Waals surface area (Å²) in [6, 6.07) is 0. The molecule has 7 nitrogen and oxygen atoms in total. The molecule has 0 rings (SSSR count). The summed E-state index contributed by atoms with van der Waals surface area (Å²) in [5.41, 5.74) is 0. The maximum Gasteiger partial charge on any atom is 0.481 e. The average molecular weight is 218 g/mol. The van der Waals surface area contributed by atoms with Crippen LogP contribution >= 0.6 is 15.6 Å². The molecule has 0 saturated carbocycles. The number of rotatable bonds is 5. The zero-order valence-electron chi connectivity index (χ0n) is 5.86. The van der Waals surface area contributed by atoms with Crippen LogP contribution in [0.5, 0.6) is 0 Å². The second kappa shape index (κ2) is 4.30. The summed E-state index contributed by atoms with van der Waals surface area (Å²) in [4.78, 5) is 24.8. The van der Waals surface area contributed by atoms with Crippen LogP contribution in [0.1, 0.15) is 0 Å². The second-order valence-electron chi connectivity index (χ2n) is 1.63. The highest BCUT2D eigenvalue weighted by Crippen LogP contribution is 2.57. The Hall–Kier alpha value is -0.0000000000000000416. The molecule has 1 atom stereocenters. The van der Waals surface area contributed by atoms with Crippen LogP contribution in [0.15, 0.2) is 12.7 Å². The van der Waals surface area contributed by atoms with Crippen LogP contribution < -0.4 is 0 Å². The molecule has 12 heavy (non-hydrogen) atoms. The molecule has 0 aliphatic carbocycles. The van der Waals surface area contributed by atoms with Gasteiger partial charge in [-0.15, -0.1) is 6.58 Å². The van der Waals surface area contributed by atoms with Crippen molar-refractivity contribution in [2.45, 2.75) is 0 Å². The van der Waals surface area contributed by atoms with Crippen LogP contribution in [0.2, 0.25) is 0 Å². The van der Waals surface area contributed by atoms with E-state index in [-0.39, 0.29) is 6.61 Å². The monoisotopic (exact) mass is 218 g/mol. The van der Waals surface area contributed by atoms with Gasteiger partial charge in [0.1, 0.15) is 0 Å². The fourth-order valence-corrected chi connectivity index (χ4v) is 1.86. The molecule has 1 unspecified atom stereocenters. The van der Waals surface area contributed by atoms with Gasteiger partial charge in [0.15, 0.2) is 0 Å². The summed E-state index contributed by atoms with van der Waals surface area (Å²) in [5, 5.41) is 0. The molecule has 9 heteroatoms. The summed E-state index contributed by atoms with van der Waals surface area (Å²) in [7, 11) is -9.66. The summed E-state index contributed by atoms with van der Waals surface area (Å²) in [5.74, 6) is 0. The smallest absolute Gasteiger partial charge is 0.302 e. The zero-order valence-corrected chi connectivity index (χ0v) is 7.65. The zero-order chi connectivity index (χ0) is 9.83. The highest BCUT2D eigenvalue weighted by molar-refractivity contribution is 7.60. The number of phosphoric ester groups is 1. The molecule has 0 aliphatic rings. The summed E-state index contributed by atoms with van der Waals surface area (Å²) in [6.45, 7) is 2.81. The summed E-state index contributed by atoms with van der Waals surface area (Å²) < 4.78 is 28.1. The molecule has 0 aromatic carbocycles. The molecule has 0 radical (unpaired) electrons. The Morgan fingerprint density at radius 1 is 1.33 bits per heavy atom. The van der Waals surface area contributed by atoms with E-state index in [2.05, 4.69) is 15.4 Å². The molecular formula is C3H8O7P2. The lowest BCUT2D eigenvalue weighted by Crippen LogP contribution is -1.93. The summed E-state index contributed by atoms with van der Waals surface area (Å²) >= 11 is 0. The molecular weight excluding hydrogens is 210 g/mol. The largest absolute Gasteiger partial charge is 0.481 e. The highest BCUT2D eigenvalue weighted by atomic mass is 31.3. The SMILES string of the molecule is C=CCOP(=O)(O)OP(=O)(O)O. The van der Waals surface area contributed by atoms with Gasteiger partial charge in [-0.1, -0.05) is 6.08 Å². The molecule has 0 fully saturated rings. The van der Waals surface area contributed by atoms with E-state index in [1.165, 1.54) is 0 Å². The Morgan fingerprint density at radius 2 is 1.83 bits per heavy atom. The molecule has 0 aliphatic heterocycles. The fourth-order valence-electron chi connectivity index (χ4n) is 0.305. The topological polar surface area (TPSA) is 113 Å². The van der Waals surface area contributed by atoms with Gasteiger partial charge in [-0.25, -0.2) is 9.13 Å². The molecule has 0 heterocycles. The van der Waals surface area contributed by atoms with Crippen LogP contribution in [0.25, 0.3) is 0 Å². The Kier molecular flexibility index (Phi) is 4.30. The van der Waals surface area contributed by atoms with E-state index in [9.17, 15) is 9.13 Å². The lowest BCUT2D eigenvalue weighted by Gasteiger charge is -2.10. The quantitative estimate of drug-likeness (QED) is 0.452. The van der Waals surface area contributed by atoms with Crippen LogP contribution in [0.3, 0.4) is 0 Å². The van der Waals surface area contributed by atoms with E-state index < -0.39 is 15.6 Å². The minimum Gasteiger partial charge on any atom is -0.302 e. The molecule has 0 spiro atoms. The van der Waals surface area contributed by atoms with Gasteiger partial charge in [-0.2, -0.15) is 4.31 Å². The van der Waals surface area contributed by atoms with Crippen molar-refractivity contribution in [1.29, 1.82) is 0 Å². The average Bonchev–Trinajstić information content (AvgIpc) is 1.78. The first-order chi connectivity index (χ1) is 5.27. The Labute approximate surface area is 68.5 Å². The molecule has 0 amide bonds. The van der Waals surface area contributed by atoms with Crippen molar-refractivity contribution >= 4 is 15.6 Å². The third-order valence-corrected chi connectivity index (χ3v) is 2.72. The molecule has 0 aromatic rings. The van der Waals surface area contributed by atoms with E-state index in [0.717, 1.165) is 6.08 Å². The Balaban J connectivity index is 4.14. The van der Waals surface area contributed by atoms with Crippen molar-refractivity contribution in [3.63, 3.8) is 0 Å². The predicted molar refractivity (Wildman–Crippen MR) is 39.1 cm³/mol. The lowest BCUT2D eigenvalue weighted by molar-refractivity contribution is 0.191. The molecule has 72 valence electrons. The van der Waals surface area contributed by atoms with Gasteiger partial charge in [0, 0.05) is 0 Å². The highest BCUT2D eigenvalue weighted by Gasteiger charge is 2.31. The Bertz CT molecular complexity index is 241. The van der Waals surface area contributed by atoms with Crippen molar-refractivity contribution in [3.05, 3.63) is 12.7 Å². The lowest BCUT2D eigenvalue weighted by atomic mass is 10.7. The molecule has 0 saturated heterocycles. The third kappa shape index (κ3) is 6.69. The van der Waals surface area contributed by atoms with Crippen molar-refractivity contribution < 1.29 is 32.6 Å². The van der Waals surface area contributed by atoms with Crippen molar-refractivity contribution in [1.82, 2.24) is 0 Å². The number of hydrogen-bond donors (Lipinski definition) is 3. The standard InChI is InChI=1S/C3H8O7P2/c1-2-3-9-12(7,8)10-11(4,5)6/h2H,1,3H2,(H,7,8)(H2,4,5,6). The maximum absolute atomic E-state index is 10.6. The van der Waals surface area contributed by atoms with Crippen molar-refractivity contribution in [2.24, 2.45) is 0 Å². The first kappa shape index (κ1) is 12.0. The molecule has 0 aromatic heterocycles. The van der Waals surface area contributed by atoms with Crippen LogP contribution in [0, 0.1) is 0 Å². The Morgan fingerprint density at radius 3 is 2.17 bits per heavy atom. The third-order valence-electron chi connectivity index (χ3n) is 0.565. The van der Waals surface area contributed by atoms with Crippen LogP contribution in [-0.4, -0.2) is 21.3 Å². The van der Waals surface area contributed by atoms with Crippen molar-refractivity contribution in [3.8, 4) is 0 Å². The van der Waals surface area contributed by atoms with E-state index in [1.807, 2.05) is 0 Å². The maximum atomic E-state index is 10.6. The molecule has 0 bridgehead atoms. The van der Waals surface area contributed by atoms with Gasteiger partial charge < -0.3 is 14.7 Å². The van der Waals surface area contributed by atoms with E-state index >= 15 is 0 Å². The van der Waals surface area contributed by atoms with Gasteiger partial charge in [0.2, 0.25) is 0 Å². The minimum atomic E-state index is -5.00. The normalized spacial score (nSPS) is 16.9. The van der Waals surface area contributed by atoms with Crippen LogP contribution in [0.4, 0.5) is 0 Å². The molecule has 3 N–H and O–H groups in total. The second-order valence-corrected chi connectivity index (χ2v) is 4.45. The van der Waals surface area contributed by atoms with E-state index in [0.29, 0.717) is 0 Å². The fraction of sp³-hybridized carbons (Fsp3) is 0.333. The van der Waals surface area contributed by atoms with Gasteiger partial charge in [0.05, 0.1) is 6.61 Å². The van der Waals surface area contributed by atoms with Crippen molar-refractivity contribution in [2.75, 3.05) is 6.61 Å². The predicted octanol–water partition coefficient (Wildman–Crippen LogP) is 0.399. The van der Waals surface area contributed by atoms with Gasteiger partial charge in [0.25, 0.3) is 0 Å². The first-order valence-corrected chi connectivity index (χ1v) is 5.64. The number of phosphoric acid groups is 2.